The number of nitrogens with one attached hydrogen (secondary N) is 1. The van der Waals surface area contributed by atoms with Crippen molar-refractivity contribution in [1.82, 2.24) is 14.8 Å². The Balaban J connectivity index is 1.34. The lowest BCUT2D eigenvalue weighted by atomic mass is 10.2. The summed E-state index contributed by atoms with van der Waals surface area (Å²) in [7, 11) is 2.17. The van der Waals surface area contributed by atoms with Crippen LogP contribution in [-0.4, -0.2) is 73.0 Å². The number of para-hydroxylation sites is 1. The average molecular weight is 380 g/mol. The van der Waals surface area contributed by atoms with Gasteiger partial charge in [0.2, 0.25) is 0 Å². The highest BCUT2D eigenvalue weighted by Crippen LogP contribution is 2.28. The summed E-state index contributed by atoms with van der Waals surface area (Å²) < 4.78 is 0. The van der Waals surface area contributed by atoms with Gasteiger partial charge in [-0.2, -0.15) is 0 Å². The van der Waals surface area contributed by atoms with E-state index in [-0.39, 0.29) is 5.91 Å². The number of benzene rings is 1. The number of pyridine rings is 1. The fraction of sp³-hybridized carbons (Fsp3) is 0.455. The van der Waals surface area contributed by atoms with Crippen molar-refractivity contribution in [3.8, 4) is 0 Å². The summed E-state index contributed by atoms with van der Waals surface area (Å²) in [6.07, 6.45) is 2.60. The summed E-state index contributed by atoms with van der Waals surface area (Å²) in [5.74, 6) is 0.842. The van der Waals surface area contributed by atoms with Gasteiger partial charge >= 0.3 is 0 Å². The third-order valence-corrected chi connectivity index (χ3v) is 5.66. The van der Waals surface area contributed by atoms with Crippen LogP contribution in [0.2, 0.25) is 0 Å². The van der Waals surface area contributed by atoms with Crippen LogP contribution in [0.4, 0.5) is 11.5 Å². The van der Waals surface area contributed by atoms with Crippen molar-refractivity contribution in [2.45, 2.75) is 19.4 Å². The van der Waals surface area contributed by atoms with Crippen molar-refractivity contribution >= 4 is 17.4 Å². The molecule has 3 heterocycles. The van der Waals surface area contributed by atoms with Crippen LogP contribution < -0.4 is 10.2 Å². The number of rotatable bonds is 5. The number of likely N-dealkylation sites (N-methyl/N-ethyl adjacent to an activating group) is 1. The van der Waals surface area contributed by atoms with Gasteiger partial charge in [-0.05, 0) is 44.2 Å². The molecular weight excluding hydrogens is 350 g/mol. The van der Waals surface area contributed by atoms with Crippen LogP contribution in [0.5, 0.6) is 0 Å². The van der Waals surface area contributed by atoms with Gasteiger partial charge < -0.3 is 15.1 Å². The first kappa shape index (κ1) is 18.9. The summed E-state index contributed by atoms with van der Waals surface area (Å²) >= 11 is 0. The first-order valence-electron chi connectivity index (χ1n) is 10.1. The molecule has 1 unspecified atom stereocenters. The minimum absolute atomic E-state index is 0.0227. The Labute approximate surface area is 167 Å². The Morgan fingerprint density at radius 3 is 2.64 bits per heavy atom. The van der Waals surface area contributed by atoms with E-state index in [9.17, 15) is 4.79 Å². The number of aromatic nitrogens is 1. The molecule has 1 N–H and O–H groups in total. The molecule has 2 aliphatic rings. The van der Waals surface area contributed by atoms with Crippen LogP contribution in [0.1, 0.15) is 22.8 Å². The lowest BCUT2D eigenvalue weighted by Gasteiger charge is -2.34. The lowest BCUT2D eigenvalue weighted by Crippen LogP contribution is -2.47. The van der Waals surface area contributed by atoms with E-state index >= 15 is 0 Å². The molecule has 1 aromatic carbocycles. The molecule has 0 spiro atoms. The third-order valence-electron chi connectivity index (χ3n) is 5.66. The van der Waals surface area contributed by atoms with Gasteiger partial charge in [0.15, 0.2) is 0 Å². The molecule has 0 saturated carbocycles. The van der Waals surface area contributed by atoms with Gasteiger partial charge in [0.05, 0.1) is 5.56 Å². The van der Waals surface area contributed by atoms with Crippen molar-refractivity contribution in [1.29, 1.82) is 0 Å². The molecule has 6 heteroatoms. The number of nitrogens with zero attached hydrogens (tertiary/aromatic N) is 4. The number of hydrogen-bond acceptors (Lipinski definition) is 5. The van der Waals surface area contributed by atoms with Gasteiger partial charge in [-0.25, -0.2) is 4.98 Å². The van der Waals surface area contributed by atoms with Gasteiger partial charge in [-0.1, -0.05) is 18.2 Å². The van der Waals surface area contributed by atoms with Crippen LogP contribution in [-0.2, 0) is 6.42 Å². The van der Waals surface area contributed by atoms with E-state index < -0.39 is 0 Å². The molecule has 0 aliphatic carbocycles. The molecule has 1 aromatic heterocycles. The van der Waals surface area contributed by atoms with Crippen LogP contribution in [0, 0.1) is 0 Å². The minimum atomic E-state index is 0.0227. The highest BCUT2D eigenvalue weighted by atomic mass is 16.2. The number of hydrogen-bond donors (Lipinski definition) is 1. The van der Waals surface area contributed by atoms with Crippen LogP contribution in [0.25, 0.3) is 0 Å². The zero-order valence-corrected chi connectivity index (χ0v) is 16.8. The van der Waals surface area contributed by atoms with Crippen LogP contribution in [0.3, 0.4) is 0 Å². The van der Waals surface area contributed by atoms with E-state index in [2.05, 4.69) is 40.1 Å². The maximum atomic E-state index is 12.9. The van der Waals surface area contributed by atoms with Gasteiger partial charge in [0.1, 0.15) is 5.82 Å². The van der Waals surface area contributed by atoms with Gasteiger partial charge in [-0.15, -0.1) is 0 Å². The topological polar surface area (TPSA) is 51.7 Å². The molecule has 6 nitrogen and oxygen atoms in total. The summed E-state index contributed by atoms with van der Waals surface area (Å²) in [6.45, 7) is 8.39. The first-order valence-corrected chi connectivity index (χ1v) is 10.1. The number of carbonyl (C=O) groups is 1. The minimum Gasteiger partial charge on any atom is -0.366 e. The van der Waals surface area contributed by atoms with E-state index in [1.54, 1.807) is 6.20 Å². The standard InChI is InChI=1S/C22H29N5O/c1-17(16-26-13-11-25(2)12-14-26)24-21-8-7-19(15-23-21)22(28)27-10-9-18-5-3-4-6-20(18)27/h3-8,15,17H,9-14,16H2,1-2H3,(H,23,24). The molecular formula is C22H29N5O. The smallest absolute Gasteiger partial charge is 0.259 e. The Kier molecular flexibility index (Phi) is 5.59. The predicted octanol–water partition coefficient (Wildman–Crippen LogP) is 2.33. The fourth-order valence-electron chi connectivity index (χ4n) is 4.03. The molecule has 2 aliphatic heterocycles. The van der Waals surface area contributed by atoms with E-state index in [0.29, 0.717) is 11.6 Å². The molecule has 4 rings (SSSR count). The maximum absolute atomic E-state index is 12.9. The second kappa shape index (κ2) is 8.29. The molecule has 148 valence electrons. The highest BCUT2D eigenvalue weighted by molar-refractivity contribution is 6.07. The lowest BCUT2D eigenvalue weighted by molar-refractivity contribution is 0.0989. The molecule has 0 radical (unpaired) electrons. The predicted molar refractivity (Wildman–Crippen MR) is 113 cm³/mol. The monoisotopic (exact) mass is 379 g/mol. The van der Waals surface area contributed by atoms with Gasteiger partial charge in [0, 0.05) is 57.2 Å². The normalized spacial score (nSPS) is 18.7. The highest BCUT2D eigenvalue weighted by Gasteiger charge is 2.25. The Morgan fingerprint density at radius 2 is 1.89 bits per heavy atom. The molecule has 1 atom stereocenters. The SMILES string of the molecule is CC(CN1CCN(C)CC1)Nc1ccc(C(=O)N2CCc3ccccc32)cn1. The number of amides is 1. The summed E-state index contributed by atoms with van der Waals surface area (Å²) in [4.78, 5) is 24.1. The summed E-state index contributed by atoms with van der Waals surface area (Å²) in [5.41, 5.74) is 2.89. The van der Waals surface area contributed by atoms with E-state index in [1.165, 1.54) is 5.56 Å². The van der Waals surface area contributed by atoms with Crippen molar-refractivity contribution < 1.29 is 4.79 Å². The quantitative estimate of drug-likeness (QED) is 0.864. The van der Waals surface area contributed by atoms with E-state index in [4.69, 9.17) is 0 Å². The number of fused-ring (bicyclic) bond motifs is 1. The molecule has 1 fully saturated rings. The van der Waals surface area contributed by atoms with Gasteiger partial charge in [-0.3, -0.25) is 9.69 Å². The Hall–Kier alpha value is -2.44. The number of carbonyl (C=O) groups excluding carboxylic acids is 1. The Morgan fingerprint density at radius 1 is 1.11 bits per heavy atom. The van der Waals surface area contributed by atoms with Crippen molar-refractivity contribution in [2.24, 2.45) is 0 Å². The number of anilines is 2. The van der Waals surface area contributed by atoms with Crippen LogP contribution in [0.15, 0.2) is 42.6 Å². The molecule has 0 bridgehead atoms. The molecule has 28 heavy (non-hydrogen) atoms. The summed E-state index contributed by atoms with van der Waals surface area (Å²) in [5, 5.41) is 3.46. The largest absolute Gasteiger partial charge is 0.366 e. The van der Waals surface area contributed by atoms with Gasteiger partial charge in [0.25, 0.3) is 5.91 Å². The van der Waals surface area contributed by atoms with E-state index in [0.717, 1.165) is 57.2 Å². The fourth-order valence-corrected chi connectivity index (χ4v) is 4.03. The summed E-state index contributed by atoms with van der Waals surface area (Å²) in [6, 6.07) is 12.2. The average Bonchev–Trinajstić information content (AvgIpc) is 3.14. The Bertz CT molecular complexity index is 814. The molecule has 1 amide bonds. The van der Waals surface area contributed by atoms with Crippen molar-refractivity contribution in [2.75, 3.05) is 56.5 Å². The van der Waals surface area contributed by atoms with E-state index in [1.807, 2.05) is 35.2 Å². The molecule has 2 aromatic rings. The van der Waals surface area contributed by atoms with Crippen molar-refractivity contribution in [3.63, 3.8) is 0 Å². The second-order valence-electron chi connectivity index (χ2n) is 7.92. The zero-order valence-electron chi connectivity index (χ0n) is 16.8. The maximum Gasteiger partial charge on any atom is 0.259 e. The third kappa shape index (κ3) is 4.18. The number of piperazine rings is 1. The molecule has 1 saturated heterocycles. The van der Waals surface area contributed by atoms with Crippen molar-refractivity contribution in [3.05, 3.63) is 53.7 Å². The van der Waals surface area contributed by atoms with Crippen LogP contribution >= 0.6 is 0 Å². The zero-order chi connectivity index (χ0) is 19.5. The first-order chi connectivity index (χ1) is 13.6. The second-order valence-corrected chi connectivity index (χ2v) is 7.92.